The molecular formula is C12H11N5O4. The highest BCUT2D eigenvalue weighted by atomic mass is 16.5. The highest BCUT2D eigenvalue weighted by Crippen LogP contribution is 2.22. The maximum atomic E-state index is 10.6. The Labute approximate surface area is 118 Å². The van der Waals surface area contributed by atoms with Gasteiger partial charge in [0.1, 0.15) is 17.8 Å². The van der Waals surface area contributed by atoms with Crippen LogP contribution in [0.25, 0.3) is 0 Å². The lowest BCUT2D eigenvalue weighted by Crippen LogP contribution is -2.15. The molecule has 21 heavy (non-hydrogen) atoms. The maximum absolute atomic E-state index is 10.6. The topological polar surface area (TPSA) is 143 Å². The van der Waals surface area contributed by atoms with Gasteiger partial charge in [-0.1, -0.05) is 11.2 Å². The van der Waals surface area contributed by atoms with E-state index in [1.165, 1.54) is 18.5 Å². The molecule has 0 aliphatic carbocycles. The highest BCUT2D eigenvalue weighted by molar-refractivity contribution is 5.95. The van der Waals surface area contributed by atoms with Crippen LogP contribution in [-0.4, -0.2) is 32.2 Å². The van der Waals surface area contributed by atoms with Crippen molar-refractivity contribution in [1.82, 2.24) is 9.97 Å². The van der Waals surface area contributed by atoms with E-state index in [1.807, 2.05) is 0 Å². The Bertz CT molecular complexity index is 689. The third-order valence-electron chi connectivity index (χ3n) is 2.32. The Balaban J connectivity index is 2.20. The molecule has 0 unspecified atom stereocenters. The summed E-state index contributed by atoms with van der Waals surface area (Å²) in [5, 5.41) is 22.3. The van der Waals surface area contributed by atoms with Crippen molar-refractivity contribution in [1.29, 1.82) is 0 Å². The Morgan fingerprint density at radius 1 is 1.33 bits per heavy atom. The van der Waals surface area contributed by atoms with Crippen molar-refractivity contribution in [2.75, 3.05) is 5.32 Å². The molecule has 1 aromatic heterocycles. The SMILES string of the molecule is NC(=NO)c1cc(Oc2cccc(NC(=O)O)c2)ncn1. The first-order chi connectivity index (χ1) is 10.1. The Morgan fingerprint density at radius 3 is 2.86 bits per heavy atom. The molecule has 0 saturated heterocycles. The molecule has 0 bridgehead atoms. The number of ether oxygens (including phenoxy) is 1. The second-order valence-corrected chi connectivity index (χ2v) is 3.79. The molecule has 0 aliphatic heterocycles. The third-order valence-corrected chi connectivity index (χ3v) is 2.32. The van der Waals surface area contributed by atoms with E-state index in [0.717, 1.165) is 0 Å². The van der Waals surface area contributed by atoms with E-state index in [1.54, 1.807) is 18.2 Å². The van der Waals surface area contributed by atoms with Crippen LogP contribution in [0.5, 0.6) is 11.6 Å². The third kappa shape index (κ3) is 3.80. The number of aromatic nitrogens is 2. The van der Waals surface area contributed by atoms with Crippen molar-refractivity contribution in [2.45, 2.75) is 0 Å². The fraction of sp³-hybridized carbons (Fsp3) is 0. The van der Waals surface area contributed by atoms with E-state index in [0.29, 0.717) is 11.4 Å². The lowest BCUT2D eigenvalue weighted by molar-refractivity contribution is 0.209. The number of hydrogen-bond acceptors (Lipinski definition) is 6. The van der Waals surface area contributed by atoms with Gasteiger partial charge >= 0.3 is 6.09 Å². The monoisotopic (exact) mass is 289 g/mol. The van der Waals surface area contributed by atoms with Gasteiger partial charge in [0, 0.05) is 17.8 Å². The molecule has 108 valence electrons. The summed E-state index contributed by atoms with van der Waals surface area (Å²) in [5.41, 5.74) is 5.96. The average molecular weight is 289 g/mol. The first-order valence-electron chi connectivity index (χ1n) is 5.66. The minimum Gasteiger partial charge on any atom is -0.465 e. The Morgan fingerprint density at radius 2 is 2.14 bits per heavy atom. The number of carbonyl (C=O) groups is 1. The maximum Gasteiger partial charge on any atom is 0.409 e. The Hall–Kier alpha value is -3.36. The number of nitrogens with zero attached hydrogens (tertiary/aromatic N) is 3. The summed E-state index contributed by atoms with van der Waals surface area (Å²) < 4.78 is 5.46. The summed E-state index contributed by atoms with van der Waals surface area (Å²) in [4.78, 5) is 18.3. The molecule has 2 rings (SSSR count). The van der Waals surface area contributed by atoms with Crippen LogP contribution < -0.4 is 15.8 Å². The number of amidine groups is 1. The van der Waals surface area contributed by atoms with Crippen LogP contribution in [0.1, 0.15) is 5.69 Å². The van der Waals surface area contributed by atoms with Crippen molar-refractivity contribution >= 4 is 17.6 Å². The van der Waals surface area contributed by atoms with Crippen LogP contribution >= 0.6 is 0 Å². The molecule has 1 heterocycles. The normalized spacial score (nSPS) is 11.0. The predicted octanol–water partition coefficient (Wildman–Crippen LogP) is 1.45. The summed E-state index contributed by atoms with van der Waals surface area (Å²) in [6.45, 7) is 0. The van der Waals surface area contributed by atoms with Gasteiger partial charge in [0.05, 0.1) is 0 Å². The lowest BCUT2D eigenvalue weighted by atomic mass is 10.3. The first-order valence-corrected chi connectivity index (χ1v) is 5.66. The zero-order valence-corrected chi connectivity index (χ0v) is 10.6. The predicted molar refractivity (Wildman–Crippen MR) is 72.7 cm³/mol. The quantitative estimate of drug-likeness (QED) is 0.288. The summed E-state index contributed by atoms with van der Waals surface area (Å²) in [6, 6.07) is 7.68. The molecule has 0 spiro atoms. The standard InChI is InChI=1S/C12H11N5O4/c13-11(17-20)9-5-10(15-6-14-9)21-8-3-1-2-7(4-8)16-12(18)19/h1-6,16,20H,(H2,13,17)(H,18,19). The van der Waals surface area contributed by atoms with Crippen LogP contribution in [0.15, 0.2) is 41.8 Å². The number of oxime groups is 1. The smallest absolute Gasteiger partial charge is 0.409 e. The van der Waals surface area contributed by atoms with E-state index in [2.05, 4.69) is 20.4 Å². The zero-order chi connectivity index (χ0) is 15.2. The van der Waals surface area contributed by atoms with Crippen molar-refractivity contribution in [3.63, 3.8) is 0 Å². The Kier molecular flexibility index (Phi) is 4.14. The van der Waals surface area contributed by atoms with Gasteiger partial charge in [0.25, 0.3) is 0 Å². The van der Waals surface area contributed by atoms with Gasteiger partial charge < -0.3 is 20.8 Å². The van der Waals surface area contributed by atoms with E-state index in [9.17, 15) is 4.79 Å². The molecule has 1 aromatic carbocycles. The number of rotatable bonds is 4. The number of benzene rings is 1. The molecule has 0 saturated carbocycles. The van der Waals surface area contributed by atoms with Gasteiger partial charge in [-0.05, 0) is 12.1 Å². The zero-order valence-electron chi connectivity index (χ0n) is 10.6. The molecule has 9 heteroatoms. The van der Waals surface area contributed by atoms with Gasteiger partial charge in [-0.2, -0.15) is 0 Å². The van der Waals surface area contributed by atoms with E-state index >= 15 is 0 Å². The van der Waals surface area contributed by atoms with E-state index in [4.69, 9.17) is 20.8 Å². The highest BCUT2D eigenvalue weighted by Gasteiger charge is 2.06. The number of amides is 1. The van der Waals surface area contributed by atoms with E-state index < -0.39 is 6.09 Å². The van der Waals surface area contributed by atoms with Gasteiger partial charge in [-0.3, -0.25) is 5.32 Å². The van der Waals surface area contributed by atoms with Crippen molar-refractivity contribution in [2.24, 2.45) is 10.9 Å². The van der Waals surface area contributed by atoms with Crippen molar-refractivity contribution in [3.8, 4) is 11.6 Å². The molecule has 1 amide bonds. The summed E-state index contributed by atoms with van der Waals surface area (Å²) in [6.07, 6.45) is 0.0191. The summed E-state index contributed by atoms with van der Waals surface area (Å²) >= 11 is 0. The minimum absolute atomic E-state index is 0.166. The van der Waals surface area contributed by atoms with Gasteiger partial charge in [-0.15, -0.1) is 0 Å². The van der Waals surface area contributed by atoms with Crippen LogP contribution in [0, 0.1) is 0 Å². The van der Waals surface area contributed by atoms with Crippen molar-refractivity contribution in [3.05, 3.63) is 42.4 Å². The number of nitrogens with one attached hydrogen (secondary N) is 1. The second kappa shape index (κ2) is 6.19. The molecule has 5 N–H and O–H groups in total. The fourth-order valence-corrected chi connectivity index (χ4v) is 1.47. The van der Waals surface area contributed by atoms with Crippen LogP contribution in [0.3, 0.4) is 0 Å². The molecule has 0 atom stereocenters. The molecule has 0 aliphatic rings. The van der Waals surface area contributed by atoms with Crippen LogP contribution in [-0.2, 0) is 0 Å². The van der Waals surface area contributed by atoms with Gasteiger partial charge in [0.2, 0.25) is 5.88 Å². The molecule has 2 aromatic rings. The minimum atomic E-state index is -1.18. The number of hydrogen-bond donors (Lipinski definition) is 4. The molecule has 0 fully saturated rings. The van der Waals surface area contributed by atoms with Crippen LogP contribution in [0.2, 0.25) is 0 Å². The largest absolute Gasteiger partial charge is 0.465 e. The summed E-state index contributed by atoms with van der Waals surface area (Å²) in [5.74, 6) is 0.355. The molecule has 0 radical (unpaired) electrons. The number of anilines is 1. The lowest BCUT2D eigenvalue weighted by Gasteiger charge is -2.07. The van der Waals surface area contributed by atoms with Crippen LogP contribution in [0.4, 0.5) is 10.5 Å². The first kappa shape index (κ1) is 14.1. The summed E-state index contributed by atoms with van der Waals surface area (Å²) in [7, 11) is 0. The number of nitrogens with two attached hydrogens (primary N) is 1. The molecular weight excluding hydrogens is 278 g/mol. The molecule has 9 nitrogen and oxygen atoms in total. The van der Waals surface area contributed by atoms with Gasteiger partial charge in [0.15, 0.2) is 5.84 Å². The fourth-order valence-electron chi connectivity index (χ4n) is 1.47. The van der Waals surface area contributed by atoms with E-state index in [-0.39, 0.29) is 17.4 Å². The average Bonchev–Trinajstić information content (AvgIpc) is 2.46. The second-order valence-electron chi connectivity index (χ2n) is 3.79. The number of carboxylic acid groups (broad SMARTS) is 1. The van der Waals surface area contributed by atoms with Gasteiger partial charge in [-0.25, -0.2) is 14.8 Å². The van der Waals surface area contributed by atoms with Crippen molar-refractivity contribution < 1.29 is 19.8 Å².